The third kappa shape index (κ3) is 4.97. The van der Waals surface area contributed by atoms with Gasteiger partial charge in [-0.2, -0.15) is 0 Å². The quantitative estimate of drug-likeness (QED) is 0.708. The van der Waals surface area contributed by atoms with Crippen molar-refractivity contribution < 1.29 is 29.0 Å². The lowest BCUT2D eigenvalue weighted by Crippen LogP contribution is -2.42. The third-order valence-electron chi connectivity index (χ3n) is 5.01. The zero-order valence-corrected chi connectivity index (χ0v) is 16.8. The lowest BCUT2D eigenvalue weighted by Gasteiger charge is -2.30. The SMILES string of the molecule is COc1cccc(C=C2SC(=O)N(CCC(=O)N3CCC(C(=O)O)CC3)C2=O)c1. The largest absolute Gasteiger partial charge is 0.497 e. The van der Waals surface area contributed by atoms with Crippen LogP contribution < -0.4 is 4.74 Å². The first-order valence-corrected chi connectivity index (χ1v) is 10.1. The zero-order chi connectivity index (χ0) is 21.0. The number of rotatable bonds is 6. The van der Waals surface area contributed by atoms with E-state index in [-0.39, 0.29) is 18.9 Å². The predicted molar refractivity (Wildman–Crippen MR) is 107 cm³/mol. The van der Waals surface area contributed by atoms with Gasteiger partial charge in [-0.3, -0.25) is 24.1 Å². The number of methoxy groups -OCH3 is 1. The highest BCUT2D eigenvalue weighted by molar-refractivity contribution is 8.18. The molecule has 2 saturated heterocycles. The van der Waals surface area contributed by atoms with Gasteiger partial charge in [-0.05, 0) is 48.4 Å². The van der Waals surface area contributed by atoms with Crippen molar-refractivity contribution in [2.45, 2.75) is 19.3 Å². The number of benzene rings is 1. The molecule has 0 spiro atoms. The maximum absolute atomic E-state index is 12.6. The molecular formula is C20H22N2O6S. The lowest BCUT2D eigenvalue weighted by atomic mass is 9.97. The zero-order valence-electron chi connectivity index (χ0n) is 16.0. The maximum Gasteiger partial charge on any atom is 0.306 e. The fourth-order valence-corrected chi connectivity index (χ4v) is 4.18. The minimum absolute atomic E-state index is 0.0117. The number of hydrogen-bond acceptors (Lipinski definition) is 6. The van der Waals surface area contributed by atoms with E-state index in [2.05, 4.69) is 0 Å². The van der Waals surface area contributed by atoms with Crippen LogP contribution in [0, 0.1) is 5.92 Å². The van der Waals surface area contributed by atoms with Crippen molar-refractivity contribution in [2.24, 2.45) is 5.92 Å². The number of amides is 3. The van der Waals surface area contributed by atoms with Crippen LogP contribution in [0.5, 0.6) is 5.75 Å². The summed E-state index contributed by atoms with van der Waals surface area (Å²) in [5.74, 6) is -1.20. The molecule has 2 aliphatic heterocycles. The molecule has 154 valence electrons. The van der Waals surface area contributed by atoms with Gasteiger partial charge >= 0.3 is 5.97 Å². The van der Waals surface area contributed by atoms with Crippen molar-refractivity contribution in [3.8, 4) is 5.75 Å². The van der Waals surface area contributed by atoms with Gasteiger partial charge in [0.15, 0.2) is 0 Å². The Hall–Kier alpha value is -2.81. The Labute approximate surface area is 172 Å². The molecule has 3 rings (SSSR count). The number of carboxylic acid groups (broad SMARTS) is 1. The Kier molecular flexibility index (Phi) is 6.58. The summed E-state index contributed by atoms with van der Waals surface area (Å²) < 4.78 is 5.16. The summed E-state index contributed by atoms with van der Waals surface area (Å²) in [5.41, 5.74) is 0.743. The molecule has 2 heterocycles. The molecule has 1 aromatic rings. The van der Waals surface area contributed by atoms with Crippen molar-refractivity contribution in [3.63, 3.8) is 0 Å². The van der Waals surface area contributed by atoms with Crippen LogP contribution >= 0.6 is 11.8 Å². The first-order valence-electron chi connectivity index (χ1n) is 9.29. The van der Waals surface area contributed by atoms with Gasteiger partial charge in [-0.15, -0.1) is 0 Å². The van der Waals surface area contributed by atoms with Gasteiger partial charge in [-0.1, -0.05) is 12.1 Å². The highest BCUT2D eigenvalue weighted by atomic mass is 32.2. The van der Waals surface area contributed by atoms with Crippen LogP contribution in [0.1, 0.15) is 24.8 Å². The van der Waals surface area contributed by atoms with E-state index >= 15 is 0 Å². The summed E-state index contributed by atoms with van der Waals surface area (Å²) in [7, 11) is 1.55. The van der Waals surface area contributed by atoms with Crippen LogP contribution in [0.3, 0.4) is 0 Å². The normalized spacial score (nSPS) is 19.1. The van der Waals surface area contributed by atoms with E-state index in [4.69, 9.17) is 9.84 Å². The molecule has 0 atom stereocenters. The first kappa shape index (κ1) is 20.9. The van der Waals surface area contributed by atoms with Crippen molar-refractivity contribution in [3.05, 3.63) is 34.7 Å². The molecule has 29 heavy (non-hydrogen) atoms. The second-order valence-corrected chi connectivity index (χ2v) is 7.85. The number of carbonyl (C=O) groups excluding carboxylic acids is 3. The Morgan fingerprint density at radius 1 is 1.28 bits per heavy atom. The van der Waals surface area contributed by atoms with Crippen molar-refractivity contribution in [1.29, 1.82) is 0 Å². The third-order valence-corrected chi connectivity index (χ3v) is 5.92. The number of nitrogens with zero attached hydrogens (tertiary/aromatic N) is 2. The number of carbonyl (C=O) groups is 4. The molecule has 1 aromatic carbocycles. The van der Waals surface area contributed by atoms with Crippen molar-refractivity contribution >= 4 is 40.9 Å². The number of hydrogen-bond donors (Lipinski definition) is 1. The lowest BCUT2D eigenvalue weighted by molar-refractivity contribution is -0.145. The molecule has 0 aromatic heterocycles. The van der Waals surface area contributed by atoms with Crippen LogP contribution in [-0.2, 0) is 14.4 Å². The summed E-state index contributed by atoms with van der Waals surface area (Å²) in [6.07, 6.45) is 2.51. The number of aliphatic carboxylic acids is 1. The van der Waals surface area contributed by atoms with E-state index in [0.29, 0.717) is 36.6 Å². The van der Waals surface area contributed by atoms with Gasteiger partial charge in [0.1, 0.15) is 5.75 Å². The van der Waals surface area contributed by atoms with Crippen LogP contribution in [0.2, 0.25) is 0 Å². The summed E-state index contributed by atoms with van der Waals surface area (Å²) in [6.45, 7) is 0.776. The molecular weight excluding hydrogens is 396 g/mol. The standard InChI is InChI=1S/C20H22N2O6S/c1-28-15-4-2-3-13(11-15)12-16-18(24)22(20(27)29-16)10-7-17(23)21-8-5-14(6-9-21)19(25)26/h2-4,11-12,14H,5-10H2,1H3,(H,25,26). The summed E-state index contributed by atoms with van der Waals surface area (Å²) in [6, 6.07) is 7.15. The molecule has 2 aliphatic rings. The first-order chi connectivity index (χ1) is 13.9. The molecule has 2 fully saturated rings. The van der Waals surface area contributed by atoms with Gasteiger partial charge in [0.2, 0.25) is 5.91 Å². The number of imide groups is 1. The van der Waals surface area contributed by atoms with E-state index in [1.807, 2.05) is 0 Å². The molecule has 0 bridgehead atoms. The van der Waals surface area contributed by atoms with E-state index in [0.717, 1.165) is 22.2 Å². The summed E-state index contributed by atoms with van der Waals surface area (Å²) in [5, 5.41) is 8.63. The van der Waals surface area contributed by atoms with Crippen LogP contribution in [0.15, 0.2) is 29.2 Å². The fourth-order valence-electron chi connectivity index (χ4n) is 3.32. The minimum Gasteiger partial charge on any atom is -0.497 e. The second-order valence-electron chi connectivity index (χ2n) is 6.85. The highest BCUT2D eigenvalue weighted by Gasteiger charge is 2.35. The predicted octanol–water partition coefficient (Wildman–Crippen LogP) is 2.44. The van der Waals surface area contributed by atoms with Gasteiger partial charge in [-0.25, -0.2) is 0 Å². The smallest absolute Gasteiger partial charge is 0.306 e. The summed E-state index contributed by atoms with van der Waals surface area (Å²) >= 11 is 0.848. The average Bonchev–Trinajstić information content (AvgIpc) is 2.99. The number of carboxylic acids is 1. The molecule has 8 nitrogen and oxygen atoms in total. The van der Waals surface area contributed by atoms with Crippen molar-refractivity contribution in [2.75, 3.05) is 26.7 Å². The minimum atomic E-state index is -0.835. The monoisotopic (exact) mass is 418 g/mol. The van der Waals surface area contributed by atoms with Crippen molar-refractivity contribution in [1.82, 2.24) is 9.80 Å². The Balaban J connectivity index is 1.57. The highest BCUT2D eigenvalue weighted by Crippen LogP contribution is 2.32. The maximum atomic E-state index is 12.6. The Bertz CT molecular complexity index is 860. The Morgan fingerprint density at radius 2 is 2.00 bits per heavy atom. The van der Waals surface area contributed by atoms with Gasteiger partial charge in [0, 0.05) is 26.1 Å². The average molecular weight is 418 g/mol. The van der Waals surface area contributed by atoms with Gasteiger partial charge < -0.3 is 14.7 Å². The summed E-state index contributed by atoms with van der Waals surface area (Å²) in [4.78, 5) is 51.2. The van der Waals surface area contributed by atoms with E-state index < -0.39 is 23.0 Å². The number of likely N-dealkylation sites (tertiary alicyclic amines) is 1. The molecule has 0 radical (unpaired) electrons. The van der Waals surface area contributed by atoms with Gasteiger partial charge in [0.05, 0.1) is 17.9 Å². The fraction of sp³-hybridized carbons (Fsp3) is 0.400. The van der Waals surface area contributed by atoms with E-state index in [9.17, 15) is 19.2 Å². The second kappa shape index (κ2) is 9.13. The topological polar surface area (TPSA) is 104 Å². The Morgan fingerprint density at radius 3 is 2.66 bits per heavy atom. The molecule has 0 unspecified atom stereocenters. The molecule has 0 saturated carbocycles. The van der Waals surface area contributed by atoms with E-state index in [1.54, 1.807) is 42.4 Å². The van der Waals surface area contributed by atoms with E-state index in [1.165, 1.54) is 0 Å². The molecule has 0 aliphatic carbocycles. The van der Waals surface area contributed by atoms with Crippen LogP contribution in [0.4, 0.5) is 4.79 Å². The van der Waals surface area contributed by atoms with Gasteiger partial charge in [0.25, 0.3) is 11.1 Å². The van der Waals surface area contributed by atoms with Crippen LogP contribution in [0.25, 0.3) is 6.08 Å². The molecule has 3 amide bonds. The number of ether oxygens (including phenoxy) is 1. The molecule has 9 heteroatoms. The number of piperidine rings is 1. The number of thioether (sulfide) groups is 1. The molecule has 1 N–H and O–H groups in total. The van der Waals surface area contributed by atoms with Crippen LogP contribution in [-0.4, -0.2) is 64.7 Å².